The van der Waals surface area contributed by atoms with Crippen LogP contribution in [-0.4, -0.2) is 32.8 Å². The molecule has 4 heteroatoms. The Kier molecular flexibility index (Phi) is 4.64. The first-order chi connectivity index (χ1) is 9.22. The lowest BCUT2D eigenvalue weighted by atomic mass is 10.2. The third-order valence-electron chi connectivity index (χ3n) is 3.42. The van der Waals surface area contributed by atoms with Crippen molar-refractivity contribution in [2.24, 2.45) is 0 Å². The molecule has 0 bridgehead atoms. The quantitative estimate of drug-likeness (QED) is 0.815. The average molecular weight is 259 g/mol. The van der Waals surface area contributed by atoms with Crippen molar-refractivity contribution in [1.82, 2.24) is 5.32 Å². The van der Waals surface area contributed by atoms with Crippen LogP contribution in [0, 0.1) is 11.3 Å². The number of anilines is 1. The highest BCUT2D eigenvalue weighted by Gasteiger charge is 2.24. The number of nitriles is 1. The number of nitrogens with one attached hydrogen (secondary N) is 1. The Hall–Kier alpha value is -1.73. The zero-order valence-electron chi connectivity index (χ0n) is 11.6. The topological polar surface area (TPSA) is 48.3 Å². The summed E-state index contributed by atoms with van der Waals surface area (Å²) in [6.07, 6.45) is 3.26. The molecule has 0 amide bonds. The van der Waals surface area contributed by atoms with Gasteiger partial charge >= 0.3 is 0 Å². The molecule has 1 aromatic carbocycles. The molecule has 1 unspecified atom stereocenters. The van der Waals surface area contributed by atoms with E-state index < -0.39 is 0 Å². The summed E-state index contributed by atoms with van der Waals surface area (Å²) >= 11 is 0. The third kappa shape index (κ3) is 4.15. The molecule has 2 rings (SSSR count). The van der Waals surface area contributed by atoms with Crippen molar-refractivity contribution >= 4 is 5.69 Å². The van der Waals surface area contributed by atoms with Crippen LogP contribution in [0.5, 0.6) is 5.75 Å². The van der Waals surface area contributed by atoms with Crippen molar-refractivity contribution in [1.29, 1.82) is 5.26 Å². The third-order valence-corrected chi connectivity index (χ3v) is 3.42. The van der Waals surface area contributed by atoms with E-state index >= 15 is 0 Å². The van der Waals surface area contributed by atoms with Gasteiger partial charge in [0.25, 0.3) is 0 Å². The minimum atomic E-state index is -0.0412. The van der Waals surface area contributed by atoms with Crippen molar-refractivity contribution in [2.45, 2.75) is 31.3 Å². The van der Waals surface area contributed by atoms with E-state index in [9.17, 15) is 0 Å². The van der Waals surface area contributed by atoms with Crippen LogP contribution in [0.1, 0.15) is 19.3 Å². The standard InChI is InChI=1S/C15H21N3O/c1-18(14-4-3-5-15(10-14)19-2)9-8-13(11-16)17-12-6-7-12/h3-5,10,12-13,17H,6-9H2,1-2H3. The van der Waals surface area contributed by atoms with Crippen LogP contribution < -0.4 is 15.0 Å². The predicted octanol–water partition coefficient (Wildman–Crippen LogP) is 2.17. The first kappa shape index (κ1) is 13.7. The lowest BCUT2D eigenvalue weighted by molar-refractivity contribution is 0.415. The Morgan fingerprint density at radius 1 is 1.53 bits per heavy atom. The minimum absolute atomic E-state index is 0.0412. The van der Waals surface area contributed by atoms with E-state index in [1.807, 2.05) is 25.2 Å². The first-order valence-electron chi connectivity index (χ1n) is 6.74. The van der Waals surface area contributed by atoms with Gasteiger partial charge in [0.2, 0.25) is 0 Å². The van der Waals surface area contributed by atoms with Gasteiger partial charge in [0, 0.05) is 31.4 Å². The summed E-state index contributed by atoms with van der Waals surface area (Å²) in [6, 6.07) is 10.9. The van der Waals surface area contributed by atoms with E-state index in [2.05, 4.69) is 22.4 Å². The van der Waals surface area contributed by atoms with Gasteiger partial charge in [-0.25, -0.2) is 0 Å². The molecular weight excluding hydrogens is 238 g/mol. The highest BCUT2D eigenvalue weighted by atomic mass is 16.5. The van der Waals surface area contributed by atoms with Gasteiger partial charge < -0.3 is 9.64 Å². The van der Waals surface area contributed by atoms with E-state index in [0.717, 1.165) is 24.4 Å². The fourth-order valence-electron chi connectivity index (χ4n) is 2.02. The average Bonchev–Trinajstić information content (AvgIpc) is 3.27. The fraction of sp³-hybridized carbons (Fsp3) is 0.533. The van der Waals surface area contributed by atoms with Gasteiger partial charge in [0.1, 0.15) is 5.75 Å². The summed E-state index contributed by atoms with van der Waals surface area (Å²) in [5, 5.41) is 12.5. The van der Waals surface area contributed by atoms with Crippen molar-refractivity contribution < 1.29 is 4.74 Å². The molecule has 0 heterocycles. The number of hydrogen-bond donors (Lipinski definition) is 1. The van der Waals surface area contributed by atoms with Crippen molar-refractivity contribution in [3.63, 3.8) is 0 Å². The molecule has 0 radical (unpaired) electrons. The molecule has 1 saturated carbocycles. The zero-order chi connectivity index (χ0) is 13.7. The van der Waals surface area contributed by atoms with Crippen LogP contribution in [0.4, 0.5) is 5.69 Å². The normalized spacial score (nSPS) is 15.6. The molecule has 1 atom stereocenters. The fourth-order valence-corrected chi connectivity index (χ4v) is 2.02. The van der Waals surface area contributed by atoms with Crippen LogP contribution in [0.15, 0.2) is 24.3 Å². The van der Waals surface area contributed by atoms with Crippen molar-refractivity contribution in [3.8, 4) is 11.8 Å². The molecule has 4 nitrogen and oxygen atoms in total. The molecule has 1 N–H and O–H groups in total. The Bertz CT molecular complexity index is 451. The van der Waals surface area contributed by atoms with E-state index in [1.54, 1.807) is 7.11 Å². The van der Waals surface area contributed by atoms with E-state index in [1.165, 1.54) is 12.8 Å². The highest BCUT2D eigenvalue weighted by Crippen LogP contribution is 2.21. The number of ether oxygens (including phenoxy) is 1. The molecule has 1 aliphatic rings. The molecule has 0 aromatic heterocycles. The number of methoxy groups -OCH3 is 1. The maximum absolute atomic E-state index is 9.12. The van der Waals surface area contributed by atoms with Crippen LogP contribution in [0.3, 0.4) is 0 Å². The summed E-state index contributed by atoms with van der Waals surface area (Å²) in [5.41, 5.74) is 1.11. The molecule has 0 aliphatic heterocycles. The summed E-state index contributed by atoms with van der Waals surface area (Å²) < 4.78 is 5.22. The van der Waals surface area contributed by atoms with Gasteiger partial charge in [-0.3, -0.25) is 5.32 Å². The maximum Gasteiger partial charge on any atom is 0.120 e. The van der Waals surface area contributed by atoms with Gasteiger partial charge in [-0.2, -0.15) is 5.26 Å². The summed E-state index contributed by atoms with van der Waals surface area (Å²) in [4.78, 5) is 2.15. The maximum atomic E-state index is 9.12. The highest BCUT2D eigenvalue weighted by molar-refractivity contribution is 5.50. The molecule has 0 saturated heterocycles. The second-order valence-electron chi connectivity index (χ2n) is 5.03. The van der Waals surface area contributed by atoms with E-state index in [-0.39, 0.29) is 6.04 Å². The first-order valence-corrected chi connectivity index (χ1v) is 6.74. The van der Waals surface area contributed by atoms with Crippen molar-refractivity contribution in [3.05, 3.63) is 24.3 Å². The van der Waals surface area contributed by atoms with Crippen LogP contribution >= 0.6 is 0 Å². The molecule has 0 spiro atoms. The summed E-state index contributed by atoms with van der Waals surface area (Å²) in [5.74, 6) is 0.859. The molecule has 102 valence electrons. The van der Waals surface area contributed by atoms with E-state index in [0.29, 0.717) is 6.04 Å². The SMILES string of the molecule is COc1cccc(N(C)CCC(C#N)NC2CC2)c1. The van der Waals surface area contributed by atoms with Crippen LogP contribution in [0.25, 0.3) is 0 Å². The predicted molar refractivity (Wildman–Crippen MR) is 76.4 cm³/mol. The van der Waals surface area contributed by atoms with Crippen molar-refractivity contribution in [2.75, 3.05) is 25.6 Å². The number of hydrogen-bond acceptors (Lipinski definition) is 4. The zero-order valence-corrected chi connectivity index (χ0v) is 11.6. The Morgan fingerprint density at radius 3 is 2.95 bits per heavy atom. The lowest BCUT2D eigenvalue weighted by Crippen LogP contribution is -2.33. The van der Waals surface area contributed by atoms with Gasteiger partial charge in [0.15, 0.2) is 0 Å². The van der Waals surface area contributed by atoms with Crippen LogP contribution in [0.2, 0.25) is 0 Å². The lowest BCUT2D eigenvalue weighted by Gasteiger charge is -2.21. The number of nitrogens with zero attached hydrogens (tertiary/aromatic N) is 2. The summed E-state index contributed by atoms with van der Waals surface area (Å²) in [7, 11) is 3.71. The largest absolute Gasteiger partial charge is 0.497 e. The molecule has 19 heavy (non-hydrogen) atoms. The second kappa shape index (κ2) is 6.44. The molecule has 1 aliphatic carbocycles. The van der Waals surface area contributed by atoms with Gasteiger partial charge in [0.05, 0.1) is 19.2 Å². The van der Waals surface area contributed by atoms with Gasteiger partial charge in [-0.05, 0) is 31.4 Å². The second-order valence-corrected chi connectivity index (χ2v) is 5.03. The molecular formula is C15H21N3O. The minimum Gasteiger partial charge on any atom is -0.497 e. The Morgan fingerprint density at radius 2 is 2.32 bits per heavy atom. The van der Waals surface area contributed by atoms with Gasteiger partial charge in [-0.15, -0.1) is 0 Å². The van der Waals surface area contributed by atoms with Gasteiger partial charge in [-0.1, -0.05) is 6.07 Å². The number of rotatable bonds is 7. The van der Waals surface area contributed by atoms with Crippen LogP contribution in [-0.2, 0) is 0 Å². The number of benzene rings is 1. The molecule has 1 fully saturated rings. The Labute approximate surface area is 115 Å². The van der Waals surface area contributed by atoms with E-state index in [4.69, 9.17) is 10.00 Å². The molecule has 1 aromatic rings. The smallest absolute Gasteiger partial charge is 0.120 e. The summed E-state index contributed by atoms with van der Waals surface area (Å²) in [6.45, 7) is 0.852. The monoisotopic (exact) mass is 259 g/mol. The Balaban J connectivity index is 1.85.